The Balaban J connectivity index is 0.000000162. The highest BCUT2D eigenvalue weighted by molar-refractivity contribution is 7.88. The molecule has 4 aliphatic carbocycles. The molecule has 3 amide bonds. The SMILES string of the molecule is C1COCCN1.COc1ccc2c(c1)C1CC1(CC(=O)N1CCOCC1)Cn1c-2c(C2CCCCC2)c2ccc(C(=O)NS(=O)(=O)N(C)C)cc21.COc1ccc2c(c1)C1CC1(CC(=O)O)Cn1c-2c(C2CCCCC2)c2ccc(C(=O)NS(=O)(=O)N(C)C)cc21. The number of carboxylic acids is 1. The van der Waals surface area contributed by atoms with E-state index in [9.17, 15) is 41.1 Å². The smallest absolute Gasteiger partial charge is 0.303 e. The number of aromatic nitrogens is 2. The van der Waals surface area contributed by atoms with E-state index in [1.807, 2.05) is 35.2 Å². The Kier molecular flexibility index (Phi) is 18.3. The molecular weight excluding hydrogens is 1200 g/mol. The summed E-state index contributed by atoms with van der Waals surface area (Å²) in [6.07, 6.45) is 13.6. The molecule has 6 heterocycles. The minimum absolute atomic E-state index is 0.0491. The fraction of sp³-hybridized carbons (Fsp3) is 0.529. The van der Waals surface area contributed by atoms with E-state index in [1.165, 1.54) is 76.3 Å². The number of methoxy groups -OCH3 is 2. The van der Waals surface area contributed by atoms with Crippen LogP contribution in [-0.4, -0.2) is 163 Å². The van der Waals surface area contributed by atoms with Crippen molar-refractivity contribution in [2.75, 3.05) is 95.0 Å². The number of morpholine rings is 2. The van der Waals surface area contributed by atoms with E-state index >= 15 is 0 Å². The van der Waals surface area contributed by atoms with Crippen molar-refractivity contribution in [3.8, 4) is 34.0 Å². The van der Waals surface area contributed by atoms with E-state index in [2.05, 4.69) is 48.2 Å². The number of rotatable bonds is 14. The molecule has 0 spiro atoms. The van der Waals surface area contributed by atoms with Crippen molar-refractivity contribution in [3.63, 3.8) is 0 Å². The third kappa shape index (κ3) is 12.8. The number of nitrogens with one attached hydrogen (secondary N) is 3. The van der Waals surface area contributed by atoms with Crippen LogP contribution < -0.4 is 24.2 Å². The highest BCUT2D eigenvalue weighted by atomic mass is 32.2. The minimum Gasteiger partial charge on any atom is -0.497 e. The number of hydrogen-bond donors (Lipinski definition) is 4. The van der Waals surface area contributed by atoms with Gasteiger partial charge in [0.25, 0.3) is 11.8 Å². The van der Waals surface area contributed by atoms with Crippen molar-refractivity contribution in [1.29, 1.82) is 0 Å². The maximum Gasteiger partial charge on any atom is 0.303 e. The van der Waals surface area contributed by atoms with Gasteiger partial charge in [0.05, 0.1) is 58.5 Å². The van der Waals surface area contributed by atoms with Crippen LogP contribution in [0.3, 0.4) is 0 Å². The maximum absolute atomic E-state index is 13.7. The fourth-order valence-electron chi connectivity index (χ4n) is 15.5. The standard InChI is InChI=1S/C34H42N4O6S.C30H35N3O6S.C4H9NO/c1-36(2)45(41,42)35-33(40)23-9-11-26-29(17-23)38-21-34(20-30(39)37-13-15-44-16-14-37)19-28(34)27-18-24(43-3)10-12-25(27)32(38)31(26)22-7-5-4-6-8-22;1-32(2)40(37,38)31-29(36)19-9-11-22-25(13-19)33-17-30(16-26(34)35)15-24(30)23-14-20(39-3)10-12-21(23)28(33)27(22)18-7-5-4-6-8-18;1-3-6-4-2-5-1/h9-12,17-18,22,28H,4-8,13-16,19-21H2,1-3H3,(H,35,40);9-14,18,24H,4-8,15-17H2,1-3H3,(H,31,36)(H,34,35);5H,1-4H2. The van der Waals surface area contributed by atoms with Crippen LogP contribution in [0.25, 0.3) is 44.3 Å². The Bertz CT molecular complexity index is 4020. The third-order valence-corrected chi connectivity index (χ3v) is 23.3. The van der Waals surface area contributed by atoms with Crippen LogP contribution in [0.4, 0.5) is 0 Å². The van der Waals surface area contributed by atoms with Crippen LogP contribution >= 0.6 is 0 Å². The number of aliphatic carboxylic acids is 1. The van der Waals surface area contributed by atoms with Crippen molar-refractivity contribution < 1.29 is 60.1 Å². The van der Waals surface area contributed by atoms with E-state index < -0.39 is 43.6 Å². The summed E-state index contributed by atoms with van der Waals surface area (Å²) in [6, 6.07) is 23.4. The summed E-state index contributed by atoms with van der Waals surface area (Å²) in [6.45, 7) is 7.34. The number of fused-ring (bicyclic) bond motifs is 14. The largest absolute Gasteiger partial charge is 0.497 e. The molecule has 4 aliphatic heterocycles. The molecule has 4 atom stereocenters. The van der Waals surface area contributed by atoms with E-state index in [4.69, 9.17) is 18.9 Å². The van der Waals surface area contributed by atoms with Gasteiger partial charge < -0.3 is 43.4 Å². The lowest BCUT2D eigenvalue weighted by molar-refractivity contribution is -0.139. The molecule has 6 fully saturated rings. The number of carbonyl (C=O) groups excluding carboxylic acids is 3. The molecule has 14 rings (SSSR count). The van der Waals surface area contributed by atoms with Gasteiger partial charge in [0.1, 0.15) is 11.5 Å². The molecule has 91 heavy (non-hydrogen) atoms. The summed E-state index contributed by atoms with van der Waals surface area (Å²) in [5.74, 6) is 0.550. The van der Waals surface area contributed by atoms with Crippen LogP contribution in [0.1, 0.15) is 157 Å². The Hall–Kier alpha value is -6.86. The number of amides is 3. The molecule has 6 aromatic rings. The normalized spacial score (nSPS) is 22.8. The highest BCUT2D eigenvalue weighted by Gasteiger charge is 2.60. The van der Waals surface area contributed by atoms with Crippen LogP contribution in [0.5, 0.6) is 11.5 Å². The molecule has 8 aliphatic rings. The zero-order chi connectivity index (χ0) is 64.1. The molecule has 488 valence electrons. The third-order valence-electron chi connectivity index (χ3n) is 20.5. The lowest BCUT2D eigenvalue weighted by Gasteiger charge is -2.29. The summed E-state index contributed by atoms with van der Waals surface area (Å²) >= 11 is 0. The van der Waals surface area contributed by atoms with Gasteiger partial charge in [-0.15, -0.1) is 0 Å². The van der Waals surface area contributed by atoms with Gasteiger partial charge in [-0.2, -0.15) is 25.4 Å². The summed E-state index contributed by atoms with van der Waals surface area (Å²) in [5, 5.41) is 15.2. The van der Waals surface area contributed by atoms with Crippen molar-refractivity contribution in [3.05, 3.63) is 106 Å². The van der Waals surface area contributed by atoms with Gasteiger partial charge in [0.2, 0.25) is 5.91 Å². The van der Waals surface area contributed by atoms with Gasteiger partial charge in [-0.05, 0) is 145 Å². The van der Waals surface area contributed by atoms with E-state index in [0.29, 0.717) is 57.6 Å². The average molecular weight is 1290 g/mol. The second-order valence-corrected chi connectivity index (χ2v) is 30.3. The maximum atomic E-state index is 13.7. The zero-order valence-corrected chi connectivity index (χ0v) is 54.7. The lowest BCUT2D eigenvalue weighted by Crippen LogP contribution is -2.42. The van der Waals surface area contributed by atoms with Gasteiger partial charge in [-0.3, -0.25) is 19.2 Å². The van der Waals surface area contributed by atoms with Gasteiger partial charge in [0.15, 0.2) is 0 Å². The van der Waals surface area contributed by atoms with Crippen molar-refractivity contribution in [2.24, 2.45) is 10.8 Å². The molecule has 4 N–H and O–H groups in total. The fourth-order valence-corrected chi connectivity index (χ4v) is 16.6. The molecule has 4 saturated carbocycles. The molecule has 0 radical (unpaired) electrons. The first-order valence-electron chi connectivity index (χ1n) is 32.2. The summed E-state index contributed by atoms with van der Waals surface area (Å²) in [5.41, 5.74) is 11.0. The molecule has 2 saturated heterocycles. The van der Waals surface area contributed by atoms with Crippen LogP contribution in [-0.2, 0) is 52.6 Å². The van der Waals surface area contributed by atoms with Gasteiger partial charge >= 0.3 is 26.4 Å². The Labute approximate surface area is 533 Å². The second kappa shape index (κ2) is 25.9. The molecular formula is C68H86N8O13S2. The predicted octanol–water partition coefficient (Wildman–Crippen LogP) is 9.11. The molecule has 0 bridgehead atoms. The van der Waals surface area contributed by atoms with Crippen molar-refractivity contribution in [1.82, 2.24) is 37.4 Å². The molecule has 2 aromatic heterocycles. The Morgan fingerprint density at radius 2 is 1.02 bits per heavy atom. The zero-order valence-electron chi connectivity index (χ0n) is 53.1. The number of carboxylic acid groups (broad SMARTS) is 1. The molecule has 23 heteroatoms. The first-order chi connectivity index (χ1) is 43.7. The van der Waals surface area contributed by atoms with Crippen LogP contribution in [0.15, 0.2) is 72.8 Å². The first kappa shape index (κ1) is 64.3. The number of hydrogen-bond acceptors (Lipinski definition) is 13. The predicted molar refractivity (Wildman–Crippen MR) is 347 cm³/mol. The first-order valence-corrected chi connectivity index (χ1v) is 35.1. The van der Waals surface area contributed by atoms with Crippen molar-refractivity contribution >= 4 is 65.9 Å². The second-order valence-electron chi connectivity index (χ2n) is 26.5. The Morgan fingerprint density at radius 1 is 0.593 bits per heavy atom. The molecule has 4 unspecified atom stereocenters. The van der Waals surface area contributed by atoms with Crippen LogP contribution in [0, 0.1) is 10.8 Å². The topological polar surface area (TPSA) is 249 Å². The summed E-state index contributed by atoms with van der Waals surface area (Å²) in [7, 11) is 0.924. The van der Waals surface area contributed by atoms with Crippen LogP contribution in [0.2, 0.25) is 0 Å². The summed E-state index contributed by atoms with van der Waals surface area (Å²) < 4.78 is 82.4. The average Bonchev–Trinajstić information content (AvgIpc) is 1.54. The van der Waals surface area contributed by atoms with E-state index in [-0.39, 0.29) is 40.7 Å². The number of nitrogens with zero attached hydrogens (tertiary/aromatic N) is 5. The van der Waals surface area contributed by atoms with Gasteiger partial charge in [-0.1, -0.05) is 50.7 Å². The minimum atomic E-state index is -3.96. The number of benzene rings is 4. The lowest BCUT2D eigenvalue weighted by atomic mass is 9.81. The Morgan fingerprint density at radius 3 is 1.41 bits per heavy atom. The van der Waals surface area contributed by atoms with Crippen molar-refractivity contribution in [2.45, 2.75) is 127 Å². The highest BCUT2D eigenvalue weighted by Crippen LogP contribution is 2.69. The summed E-state index contributed by atoms with van der Waals surface area (Å²) in [4.78, 5) is 54.1. The van der Waals surface area contributed by atoms with Gasteiger partial charge in [0, 0.05) is 129 Å². The quantitative estimate of drug-likeness (QED) is 0.0794. The molecule has 21 nitrogen and oxygen atoms in total. The van der Waals surface area contributed by atoms with E-state index in [0.717, 1.165) is 142 Å². The molecule has 4 aromatic carbocycles. The number of carbonyl (C=O) groups is 4. The monoisotopic (exact) mass is 1290 g/mol. The van der Waals surface area contributed by atoms with E-state index in [1.54, 1.807) is 32.4 Å². The van der Waals surface area contributed by atoms with Gasteiger partial charge in [-0.25, -0.2) is 9.44 Å². The number of ether oxygens (including phenoxy) is 4.